The van der Waals surface area contributed by atoms with Crippen molar-refractivity contribution in [2.45, 2.75) is 45.7 Å². The van der Waals surface area contributed by atoms with Crippen molar-refractivity contribution >= 4 is 27.5 Å². The van der Waals surface area contributed by atoms with Gasteiger partial charge in [-0.2, -0.15) is 0 Å². The van der Waals surface area contributed by atoms with E-state index in [1.54, 1.807) is 36.3 Å². The van der Waals surface area contributed by atoms with Crippen molar-refractivity contribution in [2.75, 3.05) is 37.9 Å². The Balaban J connectivity index is 2.21. The minimum Gasteiger partial charge on any atom is -0.497 e. The Morgan fingerprint density at radius 3 is 2.22 bits per heavy atom. The third-order valence-electron chi connectivity index (χ3n) is 5.74. The van der Waals surface area contributed by atoms with Crippen LogP contribution in [-0.4, -0.2) is 64.7 Å². The van der Waals surface area contributed by atoms with Crippen molar-refractivity contribution in [3.63, 3.8) is 0 Å². The van der Waals surface area contributed by atoms with Crippen molar-refractivity contribution < 1.29 is 27.5 Å². The van der Waals surface area contributed by atoms with Crippen LogP contribution in [0.2, 0.25) is 0 Å². The van der Waals surface area contributed by atoms with Crippen molar-refractivity contribution in [3.05, 3.63) is 54.1 Å². The number of likely N-dealkylation sites (N-methyl/N-ethyl adjacent to an activating group) is 1. The van der Waals surface area contributed by atoms with Gasteiger partial charge in [-0.15, -0.1) is 0 Å². The Kier molecular flexibility index (Phi) is 11.0. The van der Waals surface area contributed by atoms with Crippen molar-refractivity contribution in [2.24, 2.45) is 0 Å². The molecule has 10 heteroatoms. The van der Waals surface area contributed by atoms with E-state index in [0.29, 0.717) is 36.6 Å². The Morgan fingerprint density at radius 1 is 1.00 bits per heavy atom. The van der Waals surface area contributed by atoms with E-state index in [9.17, 15) is 18.0 Å². The molecule has 0 heterocycles. The lowest BCUT2D eigenvalue weighted by atomic mass is 10.1. The summed E-state index contributed by atoms with van der Waals surface area (Å²) in [5.41, 5.74) is 1.33. The molecule has 36 heavy (non-hydrogen) atoms. The van der Waals surface area contributed by atoms with Gasteiger partial charge in [0.15, 0.2) is 0 Å². The van der Waals surface area contributed by atoms with Gasteiger partial charge in [0.25, 0.3) is 0 Å². The Hall–Kier alpha value is -3.27. The maximum absolute atomic E-state index is 13.4. The van der Waals surface area contributed by atoms with Gasteiger partial charge in [0, 0.05) is 26.1 Å². The third-order valence-corrected chi connectivity index (χ3v) is 6.93. The number of sulfonamides is 1. The largest absolute Gasteiger partial charge is 0.497 e. The Morgan fingerprint density at radius 2 is 1.67 bits per heavy atom. The van der Waals surface area contributed by atoms with Gasteiger partial charge >= 0.3 is 0 Å². The number of carbonyl (C=O) groups excluding carboxylic acids is 2. The van der Waals surface area contributed by atoms with Gasteiger partial charge in [0.05, 0.1) is 26.2 Å². The average molecular weight is 520 g/mol. The molecule has 198 valence electrons. The molecule has 1 atom stereocenters. The summed E-state index contributed by atoms with van der Waals surface area (Å²) in [4.78, 5) is 27.7. The highest BCUT2D eigenvalue weighted by molar-refractivity contribution is 7.92. The predicted molar refractivity (Wildman–Crippen MR) is 141 cm³/mol. The maximum atomic E-state index is 13.4. The molecular weight excluding hydrogens is 482 g/mol. The fraction of sp³-hybridized carbons (Fsp3) is 0.462. The molecule has 0 aliphatic carbocycles. The molecule has 2 amide bonds. The van der Waals surface area contributed by atoms with Crippen LogP contribution in [0.1, 0.15) is 38.7 Å². The summed E-state index contributed by atoms with van der Waals surface area (Å²) in [6.07, 6.45) is 1.96. The van der Waals surface area contributed by atoms with Crippen LogP contribution >= 0.6 is 0 Å². The molecule has 1 N–H and O–H groups in total. The van der Waals surface area contributed by atoms with Gasteiger partial charge in [-0.3, -0.25) is 13.9 Å². The number of methoxy groups -OCH3 is 2. The number of hydrogen-bond acceptors (Lipinski definition) is 6. The first-order valence-electron chi connectivity index (χ1n) is 12.0. The number of carbonyl (C=O) groups is 2. The lowest BCUT2D eigenvalue weighted by Crippen LogP contribution is -2.49. The molecule has 2 aromatic carbocycles. The van der Waals surface area contributed by atoms with Gasteiger partial charge in [-0.1, -0.05) is 19.1 Å². The molecule has 2 aromatic rings. The van der Waals surface area contributed by atoms with Crippen LogP contribution in [0.5, 0.6) is 11.5 Å². The van der Waals surface area contributed by atoms with Crippen LogP contribution in [-0.2, 0) is 26.2 Å². The highest BCUT2D eigenvalue weighted by atomic mass is 32.2. The number of hydrogen-bond donors (Lipinski definition) is 1. The van der Waals surface area contributed by atoms with E-state index < -0.39 is 16.1 Å². The Labute approximate surface area is 214 Å². The molecule has 0 saturated carbocycles. The molecule has 0 fully saturated rings. The number of ether oxygens (including phenoxy) is 2. The zero-order valence-corrected chi connectivity index (χ0v) is 22.5. The van der Waals surface area contributed by atoms with Crippen molar-refractivity contribution in [3.8, 4) is 11.5 Å². The number of nitrogens with zero attached hydrogens (tertiary/aromatic N) is 2. The monoisotopic (exact) mass is 519 g/mol. The molecule has 1 unspecified atom stereocenters. The second-order valence-electron chi connectivity index (χ2n) is 8.33. The number of amides is 2. The van der Waals surface area contributed by atoms with E-state index in [4.69, 9.17) is 9.47 Å². The second kappa shape index (κ2) is 13.7. The van der Waals surface area contributed by atoms with Crippen LogP contribution in [0.25, 0.3) is 0 Å². The van der Waals surface area contributed by atoms with E-state index >= 15 is 0 Å². The first-order valence-corrected chi connectivity index (χ1v) is 13.8. The normalized spacial score (nSPS) is 11.9. The molecule has 0 aromatic heterocycles. The number of rotatable bonds is 14. The summed E-state index contributed by atoms with van der Waals surface area (Å²) in [7, 11) is -0.455. The quantitative estimate of drug-likeness (QED) is 0.411. The third kappa shape index (κ3) is 8.15. The molecule has 0 saturated heterocycles. The lowest BCUT2D eigenvalue weighted by Gasteiger charge is -2.31. The van der Waals surface area contributed by atoms with Crippen LogP contribution < -0.4 is 19.1 Å². The predicted octanol–water partition coefficient (Wildman–Crippen LogP) is 3.19. The SMILES string of the molecule is CCNC(=O)C(CC)N(Cc1cccc(OC)c1)C(=O)CCCN(c1ccc(OC)cc1)S(C)(=O)=O. The standard InChI is InChI=1S/C26H37N3O6S/c1-6-24(26(31)27-7-2)28(19-20-10-8-11-23(18-20)35-4)25(30)12-9-17-29(36(5,32)33)21-13-15-22(34-3)16-14-21/h8,10-11,13-16,18,24H,6-7,9,12,17,19H2,1-5H3,(H,27,31). The first kappa shape index (κ1) is 29.0. The van der Waals surface area contributed by atoms with E-state index in [2.05, 4.69) is 5.32 Å². The van der Waals surface area contributed by atoms with Crippen LogP contribution in [0.4, 0.5) is 5.69 Å². The number of nitrogens with one attached hydrogen (secondary N) is 1. The summed E-state index contributed by atoms with van der Waals surface area (Å²) >= 11 is 0. The zero-order valence-electron chi connectivity index (χ0n) is 21.7. The van der Waals surface area contributed by atoms with Gasteiger partial charge in [0.1, 0.15) is 17.5 Å². The highest BCUT2D eigenvalue weighted by Gasteiger charge is 2.28. The first-order chi connectivity index (χ1) is 17.1. The molecule has 9 nitrogen and oxygen atoms in total. The minimum atomic E-state index is -3.56. The summed E-state index contributed by atoms with van der Waals surface area (Å²) in [6.45, 7) is 4.52. The number of anilines is 1. The fourth-order valence-electron chi connectivity index (χ4n) is 3.93. The summed E-state index contributed by atoms with van der Waals surface area (Å²) in [6, 6.07) is 13.4. The molecule has 0 spiro atoms. The van der Waals surface area contributed by atoms with Crippen LogP contribution in [0.3, 0.4) is 0 Å². The van der Waals surface area contributed by atoms with Crippen molar-refractivity contribution in [1.29, 1.82) is 0 Å². The zero-order chi connectivity index (χ0) is 26.7. The maximum Gasteiger partial charge on any atom is 0.242 e. The molecule has 0 radical (unpaired) electrons. The number of benzene rings is 2. The van der Waals surface area contributed by atoms with Crippen molar-refractivity contribution in [1.82, 2.24) is 10.2 Å². The Bertz CT molecular complexity index is 1100. The van der Waals surface area contributed by atoms with Gasteiger partial charge in [-0.05, 0) is 61.7 Å². The topological polar surface area (TPSA) is 105 Å². The summed E-state index contributed by atoms with van der Waals surface area (Å²) in [5, 5.41) is 2.81. The van der Waals surface area contributed by atoms with E-state index in [0.717, 1.165) is 11.8 Å². The van der Waals surface area contributed by atoms with Crippen LogP contribution in [0, 0.1) is 0 Å². The molecular formula is C26H37N3O6S. The van der Waals surface area contributed by atoms with Gasteiger partial charge in [-0.25, -0.2) is 8.42 Å². The van der Waals surface area contributed by atoms with Crippen LogP contribution in [0.15, 0.2) is 48.5 Å². The minimum absolute atomic E-state index is 0.0854. The molecule has 0 aliphatic rings. The average Bonchev–Trinajstić information content (AvgIpc) is 2.86. The second-order valence-corrected chi connectivity index (χ2v) is 10.2. The summed E-state index contributed by atoms with van der Waals surface area (Å²) in [5.74, 6) is 0.840. The molecule has 0 bridgehead atoms. The molecule has 2 rings (SSSR count). The van der Waals surface area contributed by atoms with E-state index in [-0.39, 0.29) is 31.3 Å². The smallest absolute Gasteiger partial charge is 0.242 e. The highest BCUT2D eigenvalue weighted by Crippen LogP contribution is 2.23. The fourth-order valence-corrected chi connectivity index (χ4v) is 4.90. The van der Waals surface area contributed by atoms with Gasteiger partial charge < -0.3 is 19.7 Å². The molecule has 0 aliphatic heterocycles. The lowest BCUT2D eigenvalue weighted by molar-refractivity contribution is -0.141. The summed E-state index contributed by atoms with van der Waals surface area (Å²) < 4.78 is 36.6. The van der Waals surface area contributed by atoms with Gasteiger partial charge in [0.2, 0.25) is 21.8 Å². The van der Waals surface area contributed by atoms with E-state index in [1.165, 1.54) is 11.4 Å². The van der Waals surface area contributed by atoms with E-state index in [1.807, 2.05) is 38.1 Å².